The monoisotopic (exact) mass is 230 g/mol. The van der Waals surface area contributed by atoms with Crippen LogP contribution in [-0.2, 0) is 4.79 Å². The first-order valence-corrected chi connectivity index (χ1v) is 6.95. The van der Waals surface area contributed by atoms with Gasteiger partial charge in [-0.3, -0.25) is 4.79 Å². The summed E-state index contributed by atoms with van der Waals surface area (Å²) in [5.74, 6) is 3.42. The molecule has 0 aromatic rings. The number of nitrogens with two attached hydrogens (primary N) is 1. The molecule has 1 heterocycles. The number of carbonyl (C=O) groups excluding carboxylic acids is 1. The summed E-state index contributed by atoms with van der Waals surface area (Å²) < 4.78 is 0. The third-order valence-corrected chi connectivity index (χ3v) is 4.00. The molecule has 1 aliphatic heterocycles. The van der Waals surface area contributed by atoms with Crippen LogP contribution in [0, 0.1) is 11.8 Å². The van der Waals surface area contributed by atoms with Gasteiger partial charge in [0.2, 0.25) is 5.91 Å². The smallest absolute Gasteiger partial charge is 0.222 e. The molecule has 1 atom stereocenters. The normalized spacial score (nSPS) is 19.9. The van der Waals surface area contributed by atoms with Gasteiger partial charge in [0.05, 0.1) is 0 Å². The zero-order chi connectivity index (χ0) is 11.1. The van der Waals surface area contributed by atoms with Crippen LogP contribution in [-0.4, -0.2) is 30.5 Å². The topological polar surface area (TPSA) is 55.1 Å². The van der Waals surface area contributed by atoms with E-state index in [-0.39, 0.29) is 11.8 Å². The fraction of sp³-hybridized carbons (Fsp3) is 0.909. The largest absolute Gasteiger partial charge is 0.356 e. The van der Waals surface area contributed by atoms with E-state index >= 15 is 0 Å². The van der Waals surface area contributed by atoms with Crippen LogP contribution in [0.3, 0.4) is 0 Å². The Morgan fingerprint density at radius 2 is 2.20 bits per heavy atom. The zero-order valence-electron chi connectivity index (χ0n) is 9.50. The van der Waals surface area contributed by atoms with Gasteiger partial charge in [-0.05, 0) is 43.2 Å². The molecule has 3 N–H and O–H groups in total. The summed E-state index contributed by atoms with van der Waals surface area (Å²) in [5, 5.41) is 3.03. The highest BCUT2D eigenvalue weighted by Crippen LogP contribution is 2.21. The van der Waals surface area contributed by atoms with Crippen molar-refractivity contribution < 1.29 is 4.79 Å². The molecule has 1 amide bonds. The van der Waals surface area contributed by atoms with Crippen LogP contribution < -0.4 is 11.1 Å². The summed E-state index contributed by atoms with van der Waals surface area (Å²) in [6.07, 6.45) is 3.28. The van der Waals surface area contributed by atoms with Crippen molar-refractivity contribution in [1.29, 1.82) is 0 Å². The maximum Gasteiger partial charge on any atom is 0.222 e. The highest BCUT2D eigenvalue weighted by Gasteiger charge is 2.16. The van der Waals surface area contributed by atoms with Gasteiger partial charge in [0.15, 0.2) is 0 Å². The van der Waals surface area contributed by atoms with E-state index in [1.807, 2.05) is 18.7 Å². The van der Waals surface area contributed by atoms with Crippen LogP contribution in [0.15, 0.2) is 0 Å². The molecular formula is C11H22N2OS. The number of carbonyl (C=O) groups is 1. The van der Waals surface area contributed by atoms with Crippen LogP contribution in [0.4, 0.5) is 0 Å². The minimum Gasteiger partial charge on any atom is -0.356 e. The van der Waals surface area contributed by atoms with Gasteiger partial charge in [0.25, 0.3) is 0 Å². The molecule has 3 nitrogen and oxygen atoms in total. The Balaban J connectivity index is 2.14. The first-order chi connectivity index (χ1) is 7.24. The van der Waals surface area contributed by atoms with Crippen LogP contribution in [0.5, 0.6) is 0 Å². The van der Waals surface area contributed by atoms with Crippen molar-refractivity contribution in [2.75, 3.05) is 24.6 Å². The van der Waals surface area contributed by atoms with E-state index in [1.54, 1.807) is 0 Å². The minimum atomic E-state index is 0.0629. The molecule has 0 spiro atoms. The van der Waals surface area contributed by atoms with Crippen molar-refractivity contribution >= 4 is 17.7 Å². The minimum absolute atomic E-state index is 0.0629. The molecule has 88 valence electrons. The third kappa shape index (κ3) is 4.89. The first kappa shape index (κ1) is 12.8. The van der Waals surface area contributed by atoms with E-state index in [0.717, 1.165) is 13.0 Å². The molecule has 1 fully saturated rings. The van der Waals surface area contributed by atoms with Crippen molar-refractivity contribution in [1.82, 2.24) is 5.32 Å². The van der Waals surface area contributed by atoms with Crippen molar-refractivity contribution in [2.45, 2.75) is 26.2 Å². The molecule has 0 radical (unpaired) electrons. The lowest BCUT2D eigenvalue weighted by Crippen LogP contribution is -2.35. The van der Waals surface area contributed by atoms with E-state index in [1.165, 1.54) is 24.3 Å². The summed E-state index contributed by atoms with van der Waals surface area (Å²) in [5.41, 5.74) is 5.42. The van der Waals surface area contributed by atoms with Crippen LogP contribution in [0.25, 0.3) is 0 Å². The maximum absolute atomic E-state index is 11.6. The van der Waals surface area contributed by atoms with Gasteiger partial charge in [-0.15, -0.1) is 0 Å². The van der Waals surface area contributed by atoms with Crippen molar-refractivity contribution in [2.24, 2.45) is 17.6 Å². The molecule has 1 rings (SSSR count). The molecule has 15 heavy (non-hydrogen) atoms. The highest BCUT2D eigenvalue weighted by atomic mass is 32.2. The standard InChI is InChI=1S/C11H22N2OS/c1-9(2-5-12)11(14)13-8-10-3-6-15-7-4-10/h9-10H,2-8,12H2,1H3,(H,13,14). The average molecular weight is 230 g/mol. The second kappa shape index (κ2) is 7.12. The fourth-order valence-electron chi connectivity index (χ4n) is 1.75. The predicted octanol–water partition coefficient (Wildman–Crippen LogP) is 1.23. The molecule has 1 unspecified atom stereocenters. The molecule has 4 heteroatoms. The molecule has 1 aliphatic rings. The fourth-order valence-corrected chi connectivity index (χ4v) is 2.95. The molecule has 0 aliphatic carbocycles. The number of thioether (sulfide) groups is 1. The van der Waals surface area contributed by atoms with E-state index in [2.05, 4.69) is 5.32 Å². The first-order valence-electron chi connectivity index (χ1n) is 5.79. The highest BCUT2D eigenvalue weighted by molar-refractivity contribution is 7.99. The lowest BCUT2D eigenvalue weighted by molar-refractivity contribution is -0.124. The Hall–Kier alpha value is -0.220. The van der Waals surface area contributed by atoms with Gasteiger partial charge in [-0.2, -0.15) is 11.8 Å². The Bertz CT molecular complexity index is 193. The van der Waals surface area contributed by atoms with Crippen molar-refractivity contribution in [3.63, 3.8) is 0 Å². The van der Waals surface area contributed by atoms with Gasteiger partial charge < -0.3 is 11.1 Å². The Kier molecular flexibility index (Phi) is 6.10. The summed E-state index contributed by atoms with van der Waals surface area (Å²) in [6.45, 7) is 3.39. The molecule has 0 saturated carbocycles. The van der Waals surface area contributed by atoms with E-state index in [4.69, 9.17) is 5.73 Å². The summed E-state index contributed by atoms with van der Waals surface area (Å²) in [4.78, 5) is 11.6. The van der Waals surface area contributed by atoms with Gasteiger partial charge in [0.1, 0.15) is 0 Å². The second-order valence-corrected chi connectivity index (χ2v) is 5.50. The SMILES string of the molecule is CC(CCN)C(=O)NCC1CCSCC1. The predicted molar refractivity (Wildman–Crippen MR) is 65.9 cm³/mol. The number of hydrogen-bond acceptors (Lipinski definition) is 3. The van der Waals surface area contributed by atoms with Gasteiger partial charge in [-0.25, -0.2) is 0 Å². The van der Waals surface area contributed by atoms with Crippen molar-refractivity contribution in [3.05, 3.63) is 0 Å². The lowest BCUT2D eigenvalue weighted by atomic mass is 10.0. The summed E-state index contributed by atoms with van der Waals surface area (Å²) in [6, 6.07) is 0. The molecule has 0 bridgehead atoms. The Labute approximate surface area is 96.6 Å². The number of nitrogens with one attached hydrogen (secondary N) is 1. The summed E-state index contributed by atoms with van der Waals surface area (Å²) >= 11 is 2.02. The zero-order valence-corrected chi connectivity index (χ0v) is 10.3. The Morgan fingerprint density at radius 3 is 2.80 bits per heavy atom. The van der Waals surface area contributed by atoms with E-state index in [0.29, 0.717) is 12.5 Å². The molecule has 1 saturated heterocycles. The summed E-state index contributed by atoms with van der Waals surface area (Å²) in [7, 11) is 0. The van der Waals surface area contributed by atoms with E-state index < -0.39 is 0 Å². The number of amides is 1. The average Bonchev–Trinajstić information content (AvgIpc) is 2.27. The van der Waals surface area contributed by atoms with Crippen LogP contribution >= 0.6 is 11.8 Å². The van der Waals surface area contributed by atoms with Gasteiger partial charge in [-0.1, -0.05) is 6.92 Å². The lowest BCUT2D eigenvalue weighted by Gasteiger charge is -2.22. The molecular weight excluding hydrogens is 208 g/mol. The maximum atomic E-state index is 11.6. The van der Waals surface area contributed by atoms with Crippen LogP contribution in [0.1, 0.15) is 26.2 Å². The second-order valence-electron chi connectivity index (χ2n) is 4.28. The van der Waals surface area contributed by atoms with Crippen LogP contribution in [0.2, 0.25) is 0 Å². The Morgan fingerprint density at radius 1 is 1.53 bits per heavy atom. The number of rotatable bonds is 5. The van der Waals surface area contributed by atoms with Crippen molar-refractivity contribution in [3.8, 4) is 0 Å². The van der Waals surface area contributed by atoms with Gasteiger partial charge in [0, 0.05) is 12.5 Å². The molecule has 0 aromatic heterocycles. The third-order valence-electron chi connectivity index (χ3n) is 2.95. The van der Waals surface area contributed by atoms with E-state index in [9.17, 15) is 4.79 Å². The molecule has 0 aromatic carbocycles. The van der Waals surface area contributed by atoms with Gasteiger partial charge >= 0.3 is 0 Å². The quantitative estimate of drug-likeness (QED) is 0.747. The number of hydrogen-bond donors (Lipinski definition) is 2.